The molecule has 0 aliphatic heterocycles. The standard InChI is InChI=1S/C10H8BrNO/c1-6-2-3-8-7(4-6)10(11)9(5-13)12-8/h2-5,12H,1H3. The van der Waals surface area contributed by atoms with Crippen LogP contribution in [-0.2, 0) is 0 Å². The summed E-state index contributed by atoms with van der Waals surface area (Å²) in [5.41, 5.74) is 2.77. The van der Waals surface area contributed by atoms with Gasteiger partial charge in [0.1, 0.15) is 0 Å². The fourth-order valence-corrected chi connectivity index (χ4v) is 1.90. The van der Waals surface area contributed by atoms with E-state index in [1.807, 2.05) is 25.1 Å². The van der Waals surface area contributed by atoms with Gasteiger partial charge in [-0.1, -0.05) is 11.6 Å². The Hall–Kier alpha value is -1.09. The van der Waals surface area contributed by atoms with E-state index in [4.69, 9.17) is 0 Å². The molecular weight excluding hydrogens is 230 g/mol. The van der Waals surface area contributed by atoms with Crippen molar-refractivity contribution in [3.05, 3.63) is 33.9 Å². The van der Waals surface area contributed by atoms with Crippen molar-refractivity contribution in [2.75, 3.05) is 0 Å². The number of hydrogen-bond acceptors (Lipinski definition) is 1. The zero-order valence-electron chi connectivity index (χ0n) is 7.10. The average molecular weight is 238 g/mol. The minimum atomic E-state index is 0.598. The predicted molar refractivity (Wildman–Crippen MR) is 56.1 cm³/mol. The fourth-order valence-electron chi connectivity index (χ4n) is 1.37. The first-order valence-electron chi connectivity index (χ1n) is 3.95. The highest BCUT2D eigenvalue weighted by Crippen LogP contribution is 2.27. The lowest BCUT2D eigenvalue weighted by atomic mass is 10.2. The molecule has 66 valence electrons. The third-order valence-corrected chi connectivity index (χ3v) is 2.89. The summed E-state index contributed by atoms with van der Waals surface area (Å²) >= 11 is 3.38. The molecule has 0 radical (unpaired) electrons. The molecule has 0 spiro atoms. The Morgan fingerprint density at radius 2 is 2.23 bits per heavy atom. The van der Waals surface area contributed by atoms with Crippen LogP contribution in [0.1, 0.15) is 16.1 Å². The molecule has 0 aliphatic rings. The quantitative estimate of drug-likeness (QED) is 0.761. The van der Waals surface area contributed by atoms with Gasteiger partial charge in [0.05, 0.1) is 10.2 Å². The maximum atomic E-state index is 10.6. The second-order valence-corrected chi connectivity index (χ2v) is 3.81. The molecule has 2 rings (SSSR count). The Bertz CT molecular complexity index is 473. The molecule has 0 bridgehead atoms. The summed E-state index contributed by atoms with van der Waals surface area (Å²) in [6, 6.07) is 6.03. The number of carbonyl (C=O) groups excluding carboxylic acids is 1. The number of H-pyrrole nitrogens is 1. The number of aryl methyl sites for hydroxylation is 1. The summed E-state index contributed by atoms with van der Waals surface area (Å²) in [5, 5.41) is 1.06. The van der Waals surface area contributed by atoms with Crippen LogP contribution >= 0.6 is 15.9 Å². The second kappa shape index (κ2) is 3.00. The van der Waals surface area contributed by atoms with Crippen molar-refractivity contribution in [3.8, 4) is 0 Å². The summed E-state index contributed by atoms with van der Waals surface area (Å²) in [6.45, 7) is 2.03. The molecule has 1 aromatic heterocycles. The molecule has 1 N–H and O–H groups in total. The summed E-state index contributed by atoms with van der Waals surface area (Å²) < 4.78 is 0.848. The number of carbonyl (C=O) groups is 1. The van der Waals surface area contributed by atoms with E-state index in [1.165, 1.54) is 5.56 Å². The Balaban J connectivity index is 2.84. The number of halogens is 1. The minimum absolute atomic E-state index is 0.598. The molecule has 0 atom stereocenters. The monoisotopic (exact) mass is 237 g/mol. The molecule has 2 nitrogen and oxygen atoms in total. The van der Waals surface area contributed by atoms with E-state index in [9.17, 15) is 4.79 Å². The van der Waals surface area contributed by atoms with Crippen molar-refractivity contribution in [3.63, 3.8) is 0 Å². The van der Waals surface area contributed by atoms with Gasteiger partial charge in [-0.2, -0.15) is 0 Å². The van der Waals surface area contributed by atoms with Crippen LogP contribution in [0.2, 0.25) is 0 Å². The van der Waals surface area contributed by atoms with Crippen LogP contribution in [0.15, 0.2) is 22.7 Å². The van der Waals surface area contributed by atoms with Gasteiger partial charge >= 0.3 is 0 Å². The molecular formula is C10H8BrNO. The molecule has 0 amide bonds. The van der Waals surface area contributed by atoms with Crippen molar-refractivity contribution in [2.45, 2.75) is 6.92 Å². The van der Waals surface area contributed by atoms with Gasteiger partial charge in [0, 0.05) is 10.9 Å². The molecule has 3 heteroatoms. The number of aromatic nitrogens is 1. The average Bonchev–Trinajstić information content (AvgIpc) is 2.44. The Kier molecular flexibility index (Phi) is 1.96. The first-order valence-corrected chi connectivity index (χ1v) is 4.74. The van der Waals surface area contributed by atoms with Crippen molar-refractivity contribution in [1.82, 2.24) is 4.98 Å². The first-order chi connectivity index (χ1) is 6.22. The number of nitrogens with one attached hydrogen (secondary N) is 1. The molecule has 0 saturated carbocycles. The highest BCUT2D eigenvalue weighted by molar-refractivity contribution is 9.10. The number of aromatic amines is 1. The number of rotatable bonds is 1. The van der Waals surface area contributed by atoms with Gasteiger partial charge < -0.3 is 4.98 Å². The van der Waals surface area contributed by atoms with Crippen LogP contribution in [0.4, 0.5) is 0 Å². The van der Waals surface area contributed by atoms with Gasteiger partial charge in [0.25, 0.3) is 0 Å². The summed E-state index contributed by atoms with van der Waals surface area (Å²) in [5.74, 6) is 0. The third kappa shape index (κ3) is 1.29. The van der Waals surface area contributed by atoms with Crippen molar-refractivity contribution < 1.29 is 4.79 Å². The highest BCUT2D eigenvalue weighted by Gasteiger charge is 2.07. The van der Waals surface area contributed by atoms with Gasteiger partial charge in [0.2, 0.25) is 0 Å². The predicted octanol–water partition coefficient (Wildman–Crippen LogP) is 3.05. The van der Waals surface area contributed by atoms with Crippen molar-refractivity contribution >= 4 is 33.1 Å². The van der Waals surface area contributed by atoms with E-state index in [0.29, 0.717) is 5.69 Å². The van der Waals surface area contributed by atoms with E-state index in [1.54, 1.807) is 0 Å². The van der Waals surface area contributed by atoms with Gasteiger partial charge in [0.15, 0.2) is 6.29 Å². The summed E-state index contributed by atoms with van der Waals surface area (Å²) in [7, 11) is 0. The largest absolute Gasteiger partial charge is 0.351 e. The van der Waals surface area contributed by atoms with E-state index >= 15 is 0 Å². The Morgan fingerprint density at radius 1 is 1.46 bits per heavy atom. The van der Waals surface area contributed by atoms with Crippen LogP contribution < -0.4 is 0 Å². The lowest BCUT2D eigenvalue weighted by molar-refractivity contribution is 0.111. The normalized spacial score (nSPS) is 10.6. The first kappa shape index (κ1) is 8.51. The van der Waals surface area contributed by atoms with Crippen molar-refractivity contribution in [2.24, 2.45) is 0 Å². The molecule has 1 aromatic carbocycles. The second-order valence-electron chi connectivity index (χ2n) is 3.02. The fraction of sp³-hybridized carbons (Fsp3) is 0.100. The van der Waals surface area contributed by atoms with Crippen LogP contribution in [0.5, 0.6) is 0 Å². The zero-order valence-corrected chi connectivity index (χ0v) is 8.68. The Morgan fingerprint density at radius 3 is 2.92 bits per heavy atom. The molecule has 2 aromatic rings. The van der Waals surface area contributed by atoms with E-state index < -0.39 is 0 Å². The SMILES string of the molecule is Cc1ccc2[nH]c(C=O)c(Br)c2c1. The zero-order chi connectivity index (χ0) is 9.42. The van der Waals surface area contributed by atoms with Gasteiger partial charge in [-0.15, -0.1) is 0 Å². The molecule has 0 saturated heterocycles. The van der Waals surface area contributed by atoms with Crippen molar-refractivity contribution in [1.29, 1.82) is 0 Å². The van der Waals surface area contributed by atoms with E-state index in [2.05, 4.69) is 20.9 Å². The van der Waals surface area contributed by atoms with Crippen LogP contribution in [0, 0.1) is 6.92 Å². The maximum absolute atomic E-state index is 10.6. The molecule has 13 heavy (non-hydrogen) atoms. The lowest BCUT2D eigenvalue weighted by Gasteiger charge is -1.92. The summed E-state index contributed by atoms with van der Waals surface area (Å²) in [6.07, 6.45) is 0.819. The van der Waals surface area contributed by atoms with Crippen LogP contribution in [0.3, 0.4) is 0 Å². The molecule has 1 heterocycles. The van der Waals surface area contributed by atoms with E-state index in [-0.39, 0.29) is 0 Å². The molecule has 0 aliphatic carbocycles. The van der Waals surface area contributed by atoms with Crippen LogP contribution in [-0.4, -0.2) is 11.3 Å². The summed E-state index contributed by atoms with van der Waals surface area (Å²) in [4.78, 5) is 13.6. The third-order valence-electron chi connectivity index (χ3n) is 2.04. The van der Waals surface area contributed by atoms with E-state index in [0.717, 1.165) is 21.7 Å². The topological polar surface area (TPSA) is 32.9 Å². The number of benzene rings is 1. The number of hydrogen-bond donors (Lipinski definition) is 1. The Labute approximate surface area is 84.1 Å². The minimum Gasteiger partial charge on any atom is -0.351 e. The number of fused-ring (bicyclic) bond motifs is 1. The highest BCUT2D eigenvalue weighted by atomic mass is 79.9. The number of aldehydes is 1. The lowest BCUT2D eigenvalue weighted by Crippen LogP contribution is -1.76. The van der Waals surface area contributed by atoms with Crippen LogP contribution in [0.25, 0.3) is 10.9 Å². The molecule has 0 fully saturated rings. The van der Waals surface area contributed by atoms with Gasteiger partial charge in [-0.25, -0.2) is 0 Å². The molecule has 0 unspecified atom stereocenters. The smallest absolute Gasteiger partial charge is 0.167 e. The van der Waals surface area contributed by atoms with Gasteiger partial charge in [-0.05, 0) is 35.0 Å². The maximum Gasteiger partial charge on any atom is 0.167 e. The van der Waals surface area contributed by atoms with Gasteiger partial charge in [-0.3, -0.25) is 4.79 Å².